The van der Waals surface area contributed by atoms with E-state index in [0.717, 1.165) is 12.8 Å². The van der Waals surface area contributed by atoms with Crippen molar-refractivity contribution in [1.82, 2.24) is 5.32 Å². The van der Waals surface area contributed by atoms with E-state index in [1.807, 2.05) is 6.92 Å². The van der Waals surface area contributed by atoms with Crippen LogP contribution in [0.4, 0.5) is 13.2 Å². The molecular formula is C9H16F3N. The molecule has 0 aromatic rings. The molecule has 1 N–H and O–H groups in total. The molecule has 0 aliphatic rings. The second-order valence-corrected chi connectivity index (χ2v) is 3.09. The molecule has 0 spiro atoms. The van der Waals surface area contributed by atoms with Crippen molar-refractivity contribution in [2.45, 2.75) is 38.4 Å². The van der Waals surface area contributed by atoms with Gasteiger partial charge in [-0.2, -0.15) is 13.2 Å². The zero-order valence-corrected chi connectivity index (χ0v) is 7.82. The SMILES string of the molecule is C=CCCC(C)NCCC(F)(F)F. The monoisotopic (exact) mass is 195 g/mol. The summed E-state index contributed by atoms with van der Waals surface area (Å²) >= 11 is 0. The lowest BCUT2D eigenvalue weighted by Crippen LogP contribution is -2.29. The number of halogens is 3. The summed E-state index contributed by atoms with van der Waals surface area (Å²) in [7, 11) is 0. The van der Waals surface area contributed by atoms with E-state index in [9.17, 15) is 13.2 Å². The standard InChI is InChI=1S/C9H16F3N/c1-3-4-5-8(2)13-7-6-9(10,11)12/h3,8,13H,1,4-7H2,2H3. The van der Waals surface area contributed by atoms with Crippen molar-refractivity contribution in [3.05, 3.63) is 12.7 Å². The van der Waals surface area contributed by atoms with Crippen LogP contribution in [0, 0.1) is 0 Å². The second-order valence-electron chi connectivity index (χ2n) is 3.09. The molecule has 1 atom stereocenters. The Bertz CT molecular complexity index is 142. The molecule has 0 radical (unpaired) electrons. The molecule has 1 unspecified atom stereocenters. The van der Waals surface area contributed by atoms with Gasteiger partial charge in [0, 0.05) is 12.6 Å². The zero-order valence-electron chi connectivity index (χ0n) is 7.82. The number of hydrogen-bond donors (Lipinski definition) is 1. The Hall–Kier alpha value is -0.510. The van der Waals surface area contributed by atoms with Gasteiger partial charge in [0.05, 0.1) is 6.42 Å². The van der Waals surface area contributed by atoms with Crippen molar-refractivity contribution in [1.29, 1.82) is 0 Å². The highest BCUT2D eigenvalue weighted by atomic mass is 19.4. The fraction of sp³-hybridized carbons (Fsp3) is 0.778. The molecule has 4 heteroatoms. The van der Waals surface area contributed by atoms with Gasteiger partial charge in [-0.05, 0) is 19.8 Å². The van der Waals surface area contributed by atoms with E-state index < -0.39 is 12.6 Å². The molecule has 1 nitrogen and oxygen atoms in total. The van der Waals surface area contributed by atoms with Crippen LogP contribution in [0.5, 0.6) is 0 Å². The predicted molar refractivity (Wildman–Crippen MR) is 47.6 cm³/mol. The first-order valence-corrected chi connectivity index (χ1v) is 4.36. The minimum atomic E-state index is -4.05. The summed E-state index contributed by atoms with van der Waals surface area (Å²) in [6, 6.07) is 0.125. The van der Waals surface area contributed by atoms with E-state index in [2.05, 4.69) is 11.9 Å². The maximum absolute atomic E-state index is 11.7. The number of nitrogens with one attached hydrogen (secondary N) is 1. The van der Waals surface area contributed by atoms with E-state index in [0.29, 0.717) is 0 Å². The van der Waals surface area contributed by atoms with Crippen LogP contribution >= 0.6 is 0 Å². The normalized spacial score (nSPS) is 14.2. The lowest BCUT2D eigenvalue weighted by atomic mass is 10.2. The third-order valence-corrected chi connectivity index (χ3v) is 1.71. The van der Waals surface area contributed by atoms with E-state index in [4.69, 9.17) is 0 Å². The fourth-order valence-electron chi connectivity index (χ4n) is 0.930. The van der Waals surface area contributed by atoms with Crippen LogP contribution in [-0.4, -0.2) is 18.8 Å². The molecule has 0 aromatic carbocycles. The Kier molecular flexibility index (Phi) is 5.79. The molecule has 0 aromatic heterocycles. The Morgan fingerprint density at radius 2 is 2.08 bits per heavy atom. The van der Waals surface area contributed by atoms with Gasteiger partial charge in [0.15, 0.2) is 0 Å². The lowest BCUT2D eigenvalue weighted by molar-refractivity contribution is -0.133. The summed E-state index contributed by atoms with van der Waals surface area (Å²) in [4.78, 5) is 0. The largest absolute Gasteiger partial charge is 0.390 e. The molecule has 0 saturated heterocycles. The highest BCUT2D eigenvalue weighted by Crippen LogP contribution is 2.18. The lowest BCUT2D eigenvalue weighted by Gasteiger charge is -2.13. The molecule has 0 aliphatic carbocycles. The Morgan fingerprint density at radius 1 is 1.46 bits per heavy atom. The van der Waals surface area contributed by atoms with Crippen LogP contribution in [0.15, 0.2) is 12.7 Å². The topological polar surface area (TPSA) is 12.0 Å². The van der Waals surface area contributed by atoms with Gasteiger partial charge in [-0.25, -0.2) is 0 Å². The zero-order chi connectivity index (χ0) is 10.3. The molecule has 0 saturated carbocycles. The summed E-state index contributed by atoms with van der Waals surface area (Å²) in [6.07, 6.45) is -1.37. The Labute approximate surface area is 77.0 Å². The maximum Gasteiger partial charge on any atom is 0.390 e. The van der Waals surface area contributed by atoms with E-state index >= 15 is 0 Å². The van der Waals surface area contributed by atoms with E-state index in [1.54, 1.807) is 6.08 Å². The molecular weight excluding hydrogens is 179 g/mol. The first kappa shape index (κ1) is 12.5. The highest BCUT2D eigenvalue weighted by Gasteiger charge is 2.26. The van der Waals surface area contributed by atoms with Gasteiger partial charge in [0.25, 0.3) is 0 Å². The Balaban J connectivity index is 3.36. The van der Waals surface area contributed by atoms with Gasteiger partial charge >= 0.3 is 6.18 Å². The van der Waals surface area contributed by atoms with Crippen LogP contribution < -0.4 is 5.32 Å². The smallest absolute Gasteiger partial charge is 0.314 e. The molecule has 0 fully saturated rings. The second kappa shape index (κ2) is 6.02. The van der Waals surface area contributed by atoms with Gasteiger partial charge < -0.3 is 5.32 Å². The minimum Gasteiger partial charge on any atom is -0.314 e. The van der Waals surface area contributed by atoms with Crippen molar-refractivity contribution in [3.63, 3.8) is 0 Å². The summed E-state index contributed by atoms with van der Waals surface area (Å²) in [5.41, 5.74) is 0. The van der Waals surface area contributed by atoms with Crippen LogP contribution in [0.1, 0.15) is 26.2 Å². The van der Waals surface area contributed by atoms with Crippen molar-refractivity contribution in [3.8, 4) is 0 Å². The molecule has 0 aliphatic heterocycles. The fourth-order valence-corrected chi connectivity index (χ4v) is 0.930. The molecule has 78 valence electrons. The predicted octanol–water partition coefficient (Wildman–Crippen LogP) is 2.88. The molecule has 0 bridgehead atoms. The molecule has 13 heavy (non-hydrogen) atoms. The van der Waals surface area contributed by atoms with Crippen LogP contribution in [0.3, 0.4) is 0 Å². The highest BCUT2D eigenvalue weighted by molar-refractivity contribution is 4.71. The van der Waals surface area contributed by atoms with Gasteiger partial charge in [0.1, 0.15) is 0 Å². The first-order valence-electron chi connectivity index (χ1n) is 4.36. The Morgan fingerprint density at radius 3 is 2.54 bits per heavy atom. The van der Waals surface area contributed by atoms with Crippen molar-refractivity contribution in [2.75, 3.05) is 6.54 Å². The summed E-state index contributed by atoms with van der Waals surface area (Å²) in [5.74, 6) is 0. The number of allylic oxidation sites excluding steroid dienone is 1. The summed E-state index contributed by atoms with van der Waals surface area (Å²) in [6.45, 7) is 5.42. The van der Waals surface area contributed by atoms with Crippen molar-refractivity contribution in [2.24, 2.45) is 0 Å². The van der Waals surface area contributed by atoms with E-state index in [1.165, 1.54) is 0 Å². The summed E-state index contributed by atoms with van der Waals surface area (Å²) in [5, 5.41) is 2.81. The third-order valence-electron chi connectivity index (χ3n) is 1.71. The summed E-state index contributed by atoms with van der Waals surface area (Å²) < 4.78 is 35.1. The van der Waals surface area contributed by atoms with Crippen LogP contribution in [-0.2, 0) is 0 Å². The average Bonchev–Trinajstić information content (AvgIpc) is 1.98. The average molecular weight is 195 g/mol. The molecule has 0 rings (SSSR count). The number of hydrogen-bond acceptors (Lipinski definition) is 1. The first-order chi connectivity index (χ1) is 5.95. The maximum atomic E-state index is 11.7. The van der Waals surface area contributed by atoms with Gasteiger partial charge in [0.2, 0.25) is 0 Å². The van der Waals surface area contributed by atoms with Crippen molar-refractivity contribution < 1.29 is 13.2 Å². The van der Waals surface area contributed by atoms with Crippen molar-refractivity contribution >= 4 is 0 Å². The van der Waals surface area contributed by atoms with Gasteiger partial charge in [-0.3, -0.25) is 0 Å². The van der Waals surface area contributed by atoms with Crippen LogP contribution in [0.25, 0.3) is 0 Å². The van der Waals surface area contributed by atoms with Gasteiger partial charge in [-0.15, -0.1) is 6.58 Å². The number of rotatable bonds is 6. The third kappa shape index (κ3) is 9.40. The molecule has 0 heterocycles. The quantitative estimate of drug-likeness (QED) is 0.642. The van der Waals surface area contributed by atoms with Gasteiger partial charge in [-0.1, -0.05) is 6.08 Å². The van der Waals surface area contributed by atoms with E-state index in [-0.39, 0.29) is 12.6 Å². The van der Waals surface area contributed by atoms with Crippen LogP contribution in [0.2, 0.25) is 0 Å². The number of alkyl halides is 3. The minimum absolute atomic E-state index is 0.00180. The molecule has 0 amide bonds.